The van der Waals surface area contributed by atoms with E-state index in [9.17, 15) is 14.4 Å². The molecule has 8 heteroatoms. The van der Waals surface area contributed by atoms with E-state index in [0.29, 0.717) is 42.0 Å². The van der Waals surface area contributed by atoms with E-state index < -0.39 is 5.69 Å². The number of fused-ring (bicyclic) bond motifs is 1. The van der Waals surface area contributed by atoms with Crippen molar-refractivity contribution in [2.24, 2.45) is 0 Å². The van der Waals surface area contributed by atoms with Crippen LogP contribution in [0.5, 0.6) is 0 Å². The van der Waals surface area contributed by atoms with Crippen molar-refractivity contribution >= 4 is 28.4 Å². The minimum Gasteiger partial charge on any atom is -0.383 e. The number of methoxy groups -OCH3 is 1. The van der Waals surface area contributed by atoms with Gasteiger partial charge in [0.2, 0.25) is 5.91 Å². The zero-order valence-corrected chi connectivity index (χ0v) is 14.4. The van der Waals surface area contributed by atoms with Crippen LogP contribution in [-0.2, 0) is 22.6 Å². The molecule has 0 saturated carbocycles. The van der Waals surface area contributed by atoms with Gasteiger partial charge in [-0.15, -0.1) is 0 Å². The molecule has 0 radical (unpaired) electrons. The fourth-order valence-corrected chi connectivity index (χ4v) is 2.62. The van der Waals surface area contributed by atoms with E-state index in [0.717, 1.165) is 4.57 Å². The molecule has 0 spiro atoms. The number of nitrogens with zero attached hydrogens (tertiary/aromatic N) is 2. The number of amides is 1. The third-order valence-corrected chi connectivity index (χ3v) is 3.80. The Balaban J connectivity index is 2.54. The Kier molecular flexibility index (Phi) is 6.16. The van der Waals surface area contributed by atoms with Crippen molar-refractivity contribution in [1.29, 1.82) is 0 Å². The molecule has 0 saturated heterocycles. The standard InChI is InChI=1S/C16H20ClN3O4/c1-3-7-19-15(22)12-5-4-11(17)9-13(12)20(16(19)23)10-14(21)18-6-8-24-2/h4-5,9H,3,6-8,10H2,1-2H3,(H,18,21). The number of aromatic nitrogens is 2. The summed E-state index contributed by atoms with van der Waals surface area (Å²) in [4.78, 5) is 37.2. The molecule has 0 fully saturated rings. The number of hydrogen-bond acceptors (Lipinski definition) is 4. The highest BCUT2D eigenvalue weighted by Gasteiger charge is 2.15. The molecule has 130 valence electrons. The van der Waals surface area contributed by atoms with E-state index >= 15 is 0 Å². The first-order valence-electron chi connectivity index (χ1n) is 7.68. The summed E-state index contributed by atoms with van der Waals surface area (Å²) >= 11 is 5.99. The highest BCUT2D eigenvalue weighted by Crippen LogP contribution is 2.15. The van der Waals surface area contributed by atoms with E-state index in [1.807, 2.05) is 6.92 Å². The lowest BCUT2D eigenvalue weighted by Gasteiger charge is -2.14. The summed E-state index contributed by atoms with van der Waals surface area (Å²) in [5.41, 5.74) is -0.533. The summed E-state index contributed by atoms with van der Waals surface area (Å²) in [6.07, 6.45) is 0.633. The van der Waals surface area contributed by atoms with Gasteiger partial charge in [-0.05, 0) is 24.6 Å². The number of rotatable bonds is 7. The van der Waals surface area contributed by atoms with Crippen molar-refractivity contribution in [3.8, 4) is 0 Å². The highest BCUT2D eigenvalue weighted by atomic mass is 35.5. The van der Waals surface area contributed by atoms with Crippen molar-refractivity contribution in [3.05, 3.63) is 44.1 Å². The molecule has 0 aliphatic heterocycles. The predicted molar refractivity (Wildman–Crippen MR) is 92.7 cm³/mol. The third kappa shape index (κ3) is 3.85. The minimum atomic E-state index is -0.515. The number of nitrogens with one attached hydrogen (secondary N) is 1. The highest BCUT2D eigenvalue weighted by molar-refractivity contribution is 6.31. The van der Waals surface area contributed by atoms with Crippen LogP contribution in [-0.4, -0.2) is 35.3 Å². The van der Waals surface area contributed by atoms with Gasteiger partial charge in [0.15, 0.2) is 0 Å². The second-order valence-corrected chi connectivity index (χ2v) is 5.77. The normalized spacial score (nSPS) is 11.0. The number of benzene rings is 1. The van der Waals surface area contributed by atoms with Gasteiger partial charge in [-0.3, -0.25) is 18.7 Å². The predicted octanol–water partition coefficient (Wildman–Crippen LogP) is 0.989. The summed E-state index contributed by atoms with van der Waals surface area (Å²) in [5.74, 6) is -0.336. The molecule has 0 unspecified atom stereocenters. The minimum absolute atomic E-state index is 0.191. The smallest absolute Gasteiger partial charge is 0.331 e. The molecule has 1 aromatic heterocycles. The zero-order chi connectivity index (χ0) is 17.7. The fourth-order valence-electron chi connectivity index (χ4n) is 2.46. The topological polar surface area (TPSA) is 82.3 Å². The Morgan fingerprint density at radius 3 is 2.71 bits per heavy atom. The fraction of sp³-hybridized carbons (Fsp3) is 0.438. The lowest BCUT2D eigenvalue weighted by atomic mass is 10.2. The van der Waals surface area contributed by atoms with Crippen LogP contribution in [0, 0.1) is 0 Å². The van der Waals surface area contributed by atoms with Gasteiger partial charge in [-0.2, -0.15) is 0 Å². The Hall–Kier alpha value is -2.12. The van der Waals surface area contributed by atoms with Gasteiger partial charge in [0, 0.05) is 25.2 Å². The maximum Gasteiger partial charge on any atom is 0.331 e. The second-order valence-electron chi connectivity index (χ2n) is 5.33. The summed E-state index contributed by atoms with van der Waals surface area (Å²) in [6, 6.07) is 4.69. The van der Waals surface area contributed by atoms with Crippen LogP contribution in [0.15, 0.2) is 27.8 Å². The molecule has 0 atom stereocenters. The van der Waals surface area contributed by atoms with Crippen LogP contribution in [0.25, 0.3) is 10.9 Å². The molecule has 0 aliphatic carbocycles. The van der Waals surface area contributed by atoms with Gasteiger partial charge in [-0.25, -0.2) is 4.79 Å². The van der Waals surface area contributed by atoms with Gasteiger partial charge in [0.1, 0.15) is 6.54 Å². The number of carbonyl (C=O) groups excluding carboxylic acids is 1. The first-order chi connectivity index (χ1) is 11.5. The molecule has 1 N–H and O–H groups in total. The van der Waals surface area contributed by atoms with Crippen molar-refractivity contribution < 1.29 is 9.53 Å². The molecule has 2 rings (SSSR count). The Morgan fingerprint density at radius 1 is 1.29 bits per heavy atom. The largest absolute Gasteiger partial charge is 0.383 e. The summed E-state index contributed by atoms with van der Waals surface area (Å²) in [7, 11) is 1.53. The Labute approximate surface area is 143 Å². The number of hydrogen-bond donors (Lipinski definition) is 1. The molecule has 1 aromatic carbocycles. The van der Waals surface area contributed by atoms with Crippen molar-refractivity contribution in [3.63, 3.8) is 0 Å². The Morgan fingerprint density at radius 2 is 2.04 bits per heavy atom. The molecule has 1 amide bonds. The molecule has 0 aliphatic rings. The average molecular weight is 354 g/mol. The summed E-state index contributed by atoms with van der Waals surface area (Å²) in [5, 5.41) is 3.41. The van der Waals surface area contributed by atoms with Crippen molar-refractivity contribution in [2.75, 3.05) is 20.3 Å². The van der Waals surface area contributed by atoms with Crippen LogP contribution in [0.2, 0.25) is 5.02 Å². The van der Waals surface area contributed by atoms with Gasteiger partial charge >= 0.3 is 5.69 Å². The van der Waals surface area contributed by atoms with E-state index in [4.69, 9.17) is 16.3 Å². The zero-order valence-electron chi connectivity index (χ0n) is 13.7. The van der Waals surface area contributed by atoms with Crippen molar-refractivity contribution in [1.82, 2.24) is 14.5 Å². The molecular weight excluding hydrogens is 334 g/mol. The maximum absolute atomic E-state index is 12.6. The molecule has 1 heterocycles. The molecular formula is C16H20ClN3O4. The first kappa shape index (κ1) is 18.2. The van der Waals surface area contributed by atoms with Crippen LogP contribution in [0.4, 0.5) is 0 Å². The van der Waals surface area contributed by atoms with Crippen LogP contribution < -0.4 is 16.6 Å². The van der Waals surface area contributed by atoms with E-state index in [2.05, 4.69) is 5.32 Å². The maximum atomic E-state index is 12.6. The molecule has 2 aromatic rings. The number of ether oxygens (including phenoxy) is 1. The van der Waals surface area contributed by atoms with Crippen LogP contribution in [0.1, 0.15) is 13.3 Å². The average Bonchev–Trinajstić information content (AvgIpc) is 2.55. The van der Waals surface area contributed by atoms with Gasteiger partial charge in [-0.1, -0.05) is 18.5 Å². The quantitative estimate of drug-likeness (QED) is 0.752. The number of halogens is 1. The summed E-state index contributed by atoms with van der Waals surface area (Å²) < 4.78 is 7.30. The van der Waals surface area contributed by atoms with E-state index in [-0.39, 0.29) is 18.0 Å². The molecule has 0 bridgehead atoms. The Bertz CT molecular complexity index is 857. The SMILES string of the molecule is CCCn1c(=O)c2ccc(Cl)cc2n(CC(=O)NCCOC)c1=O. The third-order valence-electron chi connectivity index (χ3n) is 3.57. The van der Waals surface area contributed by atoms with Crippen molar-refractivity contribution in [2.45, 2.75) is 26.4 Å². The number of carbonyl (C=O) groups is 1. The lowest BCUT2D eigenvalue weighted by Crippen LogP contribution is -2.43. The van der Waals surface area contributed by atoms with Gasteiger partial charge < -0.3 is 10.1 Å². The summed E-state index contributed by atoms with van der Waals surface area (Å²) in [6.45, 7) is 2.70. The monoisotopic (exact) mass is 353 g/mol. The van der Waals surface area contributed by atoms with Crippen LogP contribution in [0.3, 0.4) is 0 Å². The van der Waals surface area contributed by atoms with E-state index in [1.54, 1.807) is 12.1 Å². The molecule has 24 heavy (non-hydrogen) atoms. The van der Waals surface area contributed by atoms with Gasteiger partial charge in [0.25, 0.3) is 5.56 Å². The first-order valence-corrected chi connectivity index (χ1v) is 8.06. The van der Waals surface area contributed by atoms with E-state index in [1.165, 1.54) is 17.7 Å². The second kappa shape index (κ2) is 8.12. The molecule has 7 nitrogen and oxygen atoms in total. The van der Waals surface area contributed by atoms with Crippen LogP contribution >= 0.6 is 11.6 Å². The lowest BCUT2D eigenvalue weighted by molar-refractivity contribution is -0.121. The van der Waals surface area contributed by atoms with Gasteiger partial charge in [0.05, 0.1) is 17.5 Å².